The summed E-state index contributed by atoms with van der Waals surface area (Å²) >= 11 is 0. The Morgan fingerprint density at radius 1 is 1.38 bits per heavy atom. The van der Waals surface area contributed by atoms with Crippen molar-refractivity contribution in [3.8, 4) is 0 Å². The molecule has 1 aliphatic rings. The van der Waals surface area contributed by atoms with Gasteiger partial charge in [-0.2, -0.15) is 0 Å². The van der Waals surface area contributed by atoms with Crippen molar-refractivity contribution in [2.75, 3.05) is 16.8 Å². The molecule has 2 heterocycles. The Morgan fingerprint density at radius 3 is 2.79 bits per heavy atom. The van der Waals surface area contributed by atoms with Crippen LogP contribution in [-0.4, -0.2) is 28.5 Å². The van der Waals surface area contributed by atoms with Crippen LogP contribution >= 0.6 is 0 Å². The summed E-state index contributed by atoms with van der Waals surface area (Å²) in [7, 11) is 0. The van der Waals surface area contributed by atoms with Crippen molar-refractivity contribution in [2.24, 2.45) is 0 Å². The first-order chi connectivity index (χ1) is 11.5. The van der Waals surface area contributed by atoms with Crippen LogP contribution in [-0.2, 0) is 0 Å². The number of nitrogens with zero attached hydrogens (tertiary/aromatic N) is 3. The molecule has 2 N–H and O–H groups in total. The van der Waals surface area contributed by atoms with E-state index < -0.39 is 4.92 Å². The lowest BCUT2D eigenvalue weighted by atomic mass is 10.2. The van der Waals surface area contributed by atoms with E-state index in [1.54, 1.807) is 17.9 Å². The molecule has 0 saturated carbocycles. The summed E-state index contributed by atoms with van der Waals surface area (Å²) in [6.07, 6.45) is 0. The number of aryl methyl sites for hydroxylation is 1. The average molecular weight is 327 g/mol. The van der Waals surface area contributed by atoms with Crippen LogP contribution in [0.5, 0.6) is 0 Å². The van der Waals surface area contributed by atoms with Crippen molar-refractivity contribution in [1.29, 1.82) is 0 Å². The Balaban J connectivity index is 1.84. The van der Waals surface area contributed by atoms with Crippen LogP contribution in [0.4, 0.5) is 27.7 Å². The molecule has 2 aromatic rings. The third-order valence-electron chi connectivity index (χ3n) is 3.86. The van der Waals surface area contributed by atoms with E-state index in [4.69, 9.17) is 0 Å². The Morgan fingerprint density at radius 2 is 2.17 bits per heavy atom. The van der Waals surface area contributed by atoms with Crippen molar-refractivity contribution in [1.82, 2.24) is 10.3 Å². The number of aromatic nitrogens is 1. The van der Waals surface area contributed by atoms with E-state index in [9.17, 15) is 14.9 Å². The van der Waals surface area contributed by atoms with Gasteiger partial charge in [0, 0.05) is 24.0 Å². The molecule has 1 aliphatic heterocycles. The molecule has 0 radical (unpaired) electrons. The fourth-order valence-corrected chi connectivity index (χ4v) is 2.68. The molecule has 1 aromatic heterocycles. The number of amides is 2. The first-order valence-corrected chi connectivity index (χ1v) is 7.52. The average Bonchev–Trinajstić information content (AvgIpc) is 2.86. The summed E-state index contributed by atoms with van der Waals surface area (Å²) in [5, 5.41) is 16.8. The van der Waals surface area contributed by atoms with E-state index >= 15 is 0 Å². The van der Waals surface area contributed by atoms with E-state index in [2.05, 4.69) is 15.6 Å². The molecule has 0 bridgehead atoms. The van der Waals surface area contributed by atoms with Crippen molar-refractivity contribution in [2.45, 2.75) is 19.9 Å². The molecule has 0 spiro atoms. The summed E-state index contributed by atoms with van der Waals surface area (Å²) in [6.45, 7) is 4.18. The number of rotatable bonds is 4. The minimum atomic E-state index is -0.458. The number of urea groups is 1. The lowest BCUT2D eigenvalue weighted by Gasteiger charge is -2.20. The fraction of sp³-hybridized carbons (Fsp3) is 0.250. The molecule has 8 heteroatoms. The first kappa shape index (κ1) is 15.7. The molecular weight excluding hydrogens is 310 g/mol. The van der Waals surface area contributed by atoms with Gasteiger partial charge in [-0.3, -0.25) is 15.0 Å². The number of pyridine rings is 1. The second kappa shape index (κ2) is 6.15. The second-order valence-electron chi connectivity index (χ2n) is 5.64. The Bertz CT molecular complexity index is 808. The zero-order valence-electron chi connectivity index (χ0n) is 13.3. The monoisotopic (exact) mass is 327 g/mol. The maximum absolute atomic E-state index is 11.9. The predicted octanol–water partition coefficient (Wildman–Crippen LogP) is 2.96. The van der Waals surface area contributed by atoms with Crippen molar-refractivity contribution in [3.63, 3.8) is 0 Å². The normalized spacial score (nSPS) is 16.8. The number of carbonyl (C=O) groups excluding carboxylic acids is 1. The SMILES string of the molecule is Cc1nc(Nc2cccc(N3C(=O)NC[C@H]3C)c2)ccc1[N+](=O)[O-]. The Labute approximate surface area is 138 Å². The second-order valence-corrected chi connectivity index (χ2v) is 5.64. The molecule has 2 amide bonds. The largest absolute Gasteiger partial charge is 0.340 e. The summed E-state index contributed by atoms with van der Waals surface area (Å²) in [5.74, 6) is 0.508. The summed E-state index contributed by atoms with van der Waals surface area (Å²) < 4.78 is 0. The zero-order valence-corrected chi connectivity index (χ0v) is 13.3. The van der Waals surface area contributed by atoms with Gasteiger partial charge in [-0.25, -0.2) is 9.78 Å². The van der Waals surface area contributed by atoms with Gasteiger partial charge in [0.2, 0.25) is 0 Å². The van der Waals surface area contributed by atoms with Crippen LogP contribution in [0.25, 0.3) is 0 Å². The third kappa shape index (κ3) is 2.98. The predicted molar refractivity (Wildman–Crippen MR) is 90.7 cm³/mol. The van der Waals surface area contributed by atoms with E-state index in [1.165, 1.54) is 6.07 Å². The first-order valence-electron chi connectivity index (χ1n) is 7.52. The molecule has 24 heavy (non-hydrogen) atoms. The maximum Gasteiger partial charge on any atom is 0.322 e. The van der Waals surface area contributed by atoms with Crippen LogP contribution in [0.3, 0.4) is 0 Å². The zero-order chi connectivity index (χ0) is 17.3. The van der Waals surface area contributed by atoms with E-state index in [-0.39, 0.29) is 17.8 Å². The number of benzene rings is 1. The van der Waals surface area contributed by atoms with Gasteiger partial charge in [-0.1, -0.05) is 6.07 Å². The maximum atomic E-state index is 11.9. The Kier molecular flexibility index (Phi) is 4.03. The molecule has 1 fully saturated rings. The van der Waals surface area contributed by atoms with Crippen molar-refractivity contribution >= 4 is 28.9 Å². The van der Waals surface area contributed by atoms with E-state index in [1.807, 2.05) is 31.2 Å². The van der Waals surface area contributed by atoms with Gasteiger partial charge in [0.05, 0.1) is 11.0 Å². The quantitative estimate of drug-likeness (QED) is 0.664. The summed E-state index contributed by atoms with van der Waals surface area (Å²) in [6, 6.07) is 10.3. The van der Waals surface area contributed by atoms with Gasteiger partial charge in [0.25, 0.3) is 5.69 Å². The van der Waals surface area contributed by atoms with Crippen molar-refractivity contribution in [3.05, 3.63) is 52.2 Å². The standard InChI is InChI=1S/C16H17N5O3/c1-10-9-17-16(22)20(10)13-5-3-4-12(8-13)19-15-7-6-14(21(23)24)11(2)18-15/h3-8,10H,9H2,1-2H3,(H,17,22)(H,18,19)/t10-/m1/s1. The topological polar surface area (TPSA) is 100 Å². The highest BCUT2D eigenvalue weighted by Gasteiger charge is 2.28. The minimum absolute atomic E-state index is 0.0168. The number of nitrogens with one attached hydrogen (secondary N) is 2. The van der Waals surface area contributed by atoms with Gasteiger partial charge in [0.1, 0.15) is 11.5 Å². The lowest BCUT2D eigenvalue weighted by Crippen LogP contribution is -2.32. The lowest BCUT2D eigenvalue weighted by molar-refractivity contribution is -0.385. The van der Waals surface area contributed by atoms with E-state index in [0.29, 0.717) is 18.1 Å². The van der Waals surface area contributed by atoms with Crippen LogP contribution in [0.2, 0.25) is 0 Å². The molecule has 124 valence electrons. The highest BCUT2D eigenvalue weighted by atomic mass is 16.6. The van der Waals surface area contributed by atoms with Crippen LogP contribution in [0, 0.1) is 17.0 Å². The number of hydrogen-bond donors (Lipinski definition) is 2. The minimum Gasteiger partial charge on any atom is -0.340 e. The highest BCUT2D eigenvalue weighted by molar-refractivity contribution is 5.95. The fourth-order valence-electron chi connectivity index (χ4n) is 2.68. The number of anilines is 3. The van der Waals surface area contributed by atoms with Gasteiger partial charge in [-0.15, -0.1) is 0 Å². The number of hydrogen-bond acceptors (Lipinski definition) is 5. The van der Waals surface area contributed by atoms with Gasteiger partial charge < -0.3 is 10.6 Å². The number of nitro groups is 1. The Hall–Kier alpha value is -3.16. The van der Waals surface area contributed by atoms with Gasteiger partial charge >= 0.3 is 6.03 Å². The molecule has 0 unspecified atom stereocenters. The van der Waals surface area contributed by atoms with Gasteiger partial charge in [0.15, 0.2) is 0 Å². The molecule has 1 saturated heterocycles. The summed E-state index contributed by atoms with van der Waals surface area (Å²) in [5.41, 5.74) is 1.85. The van der Waals surface area contributed by atoms with E-state index in [0.717, 1.165) is 11.4 Å². The molecule has 8 nitrogen and oxygen atoms in total. The molecule has 0 aliphatic carbocycles. The smallest absolute Gasteiger partial charge is 0.322 e. The molecule has 1 aromatic carbocycles. The van der Waals surface area contributed by atoms with Crippen molar-refractivity contribution < 1.29 is 9.72 Å². The summed E-state index contributed by atoms with van der Waals surface area (Å²) in [4.78, 5) is 28.2. The van der Waals surface area contributed by atoms with Crippen LogP contribution < -0.4 is 15.5 Å². The highest BCUT2D eigenvalue weighted by Crippen LogP contribution is 2.26. The van der Waals surface area contributed by atoms with Gasteiger partial charge in [-0.05, 0) is 38.1 Å². The van der Waals surface area contributed by atoms with Crippen LogP contribution in [0.1, 0.15) is 12.6 Å². The molecule has 1 atom stereocenters. The van der Waals surface area contributed by atoms with Crippen LogP contribution in [0.15, 0.2) is 36.4 Å². The molecular formula is C16H17N5O3. The number of carbonyl (C=O) groups is 1. The third-order valence-corrected chi connectivity index (χ3v) is 3.86. The molecule has 3 rings (SSSR count).